The summed E-state index contributed by atoms with van der Waals surface area (Å²) in [5, 5.41) is 9.79. The Morgan fingerprint density at radius 2 is 2.18 bits per heavy atom. The second kappa shape index (κ2) is 5.84. The molecule has 0 fully saturated rings. The summed E-state index contributed by atoms with van der Waals surface area (Å²) in [6, 6.07) is 9.46. The summed E-state index contributed by atoms with van der Waals surface area (Å²) in [4.78, 5) is 11.6. The maximum Gasteiger partial charge on any atom is 0.243 e. The van der Waals surface area contributed by atoms with Crippen molar-refractivity contribution in [1.29, 1.82) is 0 Å². The van der Waals surface area contributed by atoms with E-state index in [0.717, 1.165) is 15.8 Å². The number of benzene rings is 1. The normalized spacial score (nSPS) is 9.94. The van der Waals surface area contributed by atoms with Gasteiger partial charge in [-0.1, -0.05) is 22.0 Å². The quantitative estimate of drug-likeness (QED) is 0.906. The molecule has 0 aliphatic rings. The summed E-state index contributed by atoms with van der Waals surface area (Å²) in [6.45, 7) is 0.267. The van der Waals surface area contributed by atoms with Crippen LogP contribution in [0.25, 0.3) is 0 Å². The van der Waals surface area contributed by atoms with Gasteiger partial charge in [-0.3, -0.25) is 4.79 Å². The summed E-state index contributed by atoms with van der Waals surface area (Å²) in [5.41, 5.74) is 1.76. The first-order valence-corrected chi connectivity index (χ1v) is 6.79. The molecule has 0 radical (unpaired) electrons. The van der Waals surface area contributed by atoms with Crippen molar-refractivity contribution in [1.82, 2.24) is 0 Å². The number of halogens is 1. The van der Waals surface area contributed by atoms with Gasteiger partial charge < -0.3 is 10.6 Å². The molecule has 0 unspecified atom stereocenters. The van der Waals surface area contributed by atoms with E-state index in [1.54, 1.807) is 11.3 Å². The lowest BCUT2D eigenvalue weighted by Crippen LogP contribution is -2.21. The van der Waals surface area contributed by atoms with Crippen LogP contribution in [-0.2, 0) is 4.79 Å². The summed E-state index contributed by atoms with van der Waals surface area (Å²) < 4.78 is 0.945. The van der Waals surface area contributed by atoms with Gasteiger partial charge in [-0.15, -0.1) is 0 Å². The Morgan fingerprint density at radius 3 is 2.88 bits per heavy atom. The molecule has 2 rings (SSSR count). The summed E-state index contributed by atoms with van der Waals surface area (Å²) in [6.07, 6.45) is 0. The smallest absolute Gasteiger partial charge is 0.243 e. The molecule has 5 heteroatoms. The highest BCUT2D eigenvalue weighted by Gasteiger charge is 2.02. The van der Waals surface area contributed by atoms with E-state index >= 15 is 0 Å². The van der Waals surface area contributed by atoms with E-state index in [1.807, 2.05) is 41.1 Å². The number of thiophene rings is 1. The van der Waals surface area contributed by atoms with Crippen molar-refractivity contribution in [2.24, 2.45) is 0 Å². The molecule has 1 heterocycles. The van der Waals surface area contributed by atoms with E-state index in [0.29, 0.717) is 0 Å². The number of rotatable bonds is 4. The van der Waals surface area contributed by atoms with E-state index in [4.69, 9.17) is 0 Å². The fourth-order valence-corrected chi connectivity index (χ4v) is 2.33. The lowest BCUT2D eigenvalue weighted by atomic mass is 10.3. The standard InChI is InChI=1S/C12H11BrN2OS/c13-9-2-1-3-10(6-9)15-12(16)7-14-11-4-5-17-8-11/h1-6,8,14H,7H2,(H,15,16). The third-order valence-electron chi connectivity index (χ3n) is 2.08. The Kier molecular flexibility index (Phi) is 4.17. The summed E-state index contributed by atoms with van der Waals surface area (Å²) in [5.74, 6) is -0.0608. The molecule has 0 spiro atoms. The molecule has 2 aromatic rings. The van der Waals surface area contributed by atoms with E-state index < -0.39 is 0 Å². The predicted molar refractivity (Wildman–Crippen MR) is 75.6 cm³/mol. The fraction of sp³-hybridized carbons (Fsp3) is 0.0833. The predicted octanol–water partition coefficient (Wildman–Crippen LogP) is 3.56. The first-order chi connectivity index (χ1) is 8.24. The van der Waals surface area contributed by atoms with Crippen LogP contribution in [0.15, 0.2) is 45.6 Å². The van der Waals surface area contributed by atoms with Crippen molar-refractivity contribution in [3.8, 4) is 0 Å². The van der Waals surface area contributed by atoms with Crippen LogP contribution in [0.5, 0.6) is 0 Å². The number of carbonyl (C=O) groups excluding carboxylic acids is 1. The Balaban J connectivity index is 1.85. The highest BCUT2D eigenvalue weighted by molar-refractivity contribution is 9.10. The second-order valence-electron chi connectivity index (χ2n) is 3.42. The number of hydrogen-bond acceptors (Lipinski definition) is 3. The minimum Gasteiger partial charge on any atom is -0.375 e. The molecule has 0 atom stereocenters. The van der Waals surface area contributed by atoms with Crippen LogP contribution in [0.2, 0.25) is 0 Å². The second-order valence-corrected chi connectivity index (χ2v) is 5.12. The molecular formula is C12H11BrN2OS. The molecule has 2 N–H and O–H groups in total. The highest BCUT2D eigenvalue weighted by atomic mass is 79.9. The number of carbonyl (C=O) groups is 1. The lowest BCUT2D eigenvalue weighted by molar-refractivity contribution is -0.114. The first-order valence-electron chi connectivity index (χ1n) is 5.05. The topological polar surface area (TPSA) is 41.1 Å². The van der Waals surface area contributed by atoms with Crippen LogP contribution in [0.4, 0.5) is 11.4 Å². The highest BCUT2D eigenvalue weighted by Crippen LogP contribution is 2.15. The SMILES string of the molecule is O=C(CNc1ccsc1)Nc1cccc(Br)c1. The van der Waals surface area contributed by atoms with Crippen molar-refractivity contribution in [3.05, 3.63) is 45.6 Å². The molecule has 3 nitrogen and oxygen atoms in total. The van der Waals surface area contributed by atoms with Crippen molar-refractivity contribution in [3.63, 3.8) is 0 Å². The monoisotopic (exact) mass is 310 g/mol. The van der Waals surface area contributed by atoms with Gasteiger partial charge >= 0.3 is 0 Å². The van der Waals surface area contributed by atoms with E-state index in [2.05, 4.69) is 26.6 Å². The number of anilines is 2. The van der Waals surface area contributed by atoms with Crippen LogP contribution in [0, 0.1) is 0 Å². The average molecular weight is 311 g/mol. The van der Waals surface area contributed by atoms with Gasteiger partial charge in [0.25, 0.3) is 0 Å². The minimum absolute atomic E-state index is 0.0608. The van der Waals surface area contributed by atoms with Gasteiger partial charge in [0.2, 0.25) is 5.91 Å². The van der Waals surface area contributed by atoms with Crippen molar-refractivity contribution < 1.29 is 4.79 Å². The van der Waals surface area contributed by atoms with E-state index in [-0.39, 0.29) is 12.5 Å². The van der Waals surface area contributed by atoms with Gasteiger partial charge in [0.05, 0.1) is 6.54 Å². The van der Waals surface area contributed by atoms with Crippen molar-refractivity contribution in [2.45, 2.75) is 0 Å². The van der Waals surface area contributed by atoms with Gasteiger partial charge in [-0.05, 0) is 29.6 Å². The van der Waals surface area contributed by atoms with Gasteiger partial charge in [0.1, 0.15) is 0 Å². The molecular weight excluding hydrogens is 300 g/mol. The Bertz CT molecular complexity index is 499. The number of amides is 1. The van der Waals surface area contributed by atoms with Crippen LogP contribution in [0.3, 0.4) is 0 Å². The largest absolute Gasteiger partial charge is 0.375 e. The van der Waals surface area contributed by atoms with Gasteiger partial charge in [0.15, 0.2) is 0 Å². The van der Waals surface area contributed by atoms with Crippen LogP contribution < -0.4 is 10.6 Å². The molecule has 0 aliphatic carbocycles. The zero-order valence-corrected chi connectivity index (χ0v) is 11.3. The first kappa shape index (κ1) is 12.1. The van der Waals surface area contributed by atoms with Gasteiger partial charge in [-0.25, -0.2) is 0 Å². The van der Waals surface area contributed by atoms with Crippen molar-refractivity contribution in [2.75, 3.05) is 17.2 Å². The number of hydrogen-bond donors (Lipinski definition) is 2. The van der Waals surface area contributed by atoms with Crippen LogP contribution >= 0.6 is 27.3 Å². The average Bonchev–Trinajstić information content (AvgIpc) is 2.79. The fourth-order valence-electron chi connectivity index (χ4n) is 1.32. The van der Waals surface area contributed by atoms with Crippen LogP contribution in [-0.4, -0.2) is 12.5 Å². The van der Waals surface area contributed by atoms with Gasteiger partial charge in [-0.2, -0.15) is 11.3 Å². The summed E-state index contributed by atoms with van der Waals surface area (Å²) >= 11 is 4.95. The molecule has 1 amide bonds. The Hall–Kier alpha value is -1.33. The molecule has 0 aliphatic heterocycles. The molecule has 1 aromatic carbocycles. The Morgan fingerprint density at radius 1 is 1.29 bits per heavy atom. The Labute approximate surface area is 112 Å². The van der Waals surface area contributed by atoms with E-state index in [1.165, 1.54) is 0 Å². The third-order valence-corrected chi connectivity index (χ3v) is 3.26. The maximum atomic E-state index is 11.6. The molecule has 1 aromatic heterocycles. The zero-order valence-electron chi connectivity index (χ0n) is 8.94. The molecule has 0 saturated carbocycles. The van der Waals surface area contributed by atoms with E-state index in [9.17, 15) is 4.79 Å². The maximum absolute atomic E-state index is 11.6. The summed E-state index contributed by atoms with van der Waals surface area (Å²) in [7, 11) is 0. The van der Waals surface area contributed by atoms with Crippen molar-refractivity contribution >= 4 is 44.5 Å². The minimum atomic E-state index is -0.0608. The lowest BCUT2D eigenvalue weighted by Gasteiger charge is -2.06. The van der Waals surface area contributed by atoms with Gasteiger partial charge in [0, 0.05) is 21.2 Å². The molecule has 88 valence electrons. The van der Waals surface area contributed by atoms with Crippen LogP contribution in [0.1, 0.15) is 0 Å². The molecule has 17 heavy (non-hydrogen) atoms. The molecule has 0 bridgehead atoms. The third kappa shape index (κ3) is 3.87. The number of nitrogens with one attached hydrogen (secondary N) is 2. The molecule has 0 saturated heterocycles. The zero-order chi connectivity index (χ0) is 12.1.